The SMILES string of the molecule is NC(=O)CN1CCC(C(=O)NC(C(=O)O)c2ccccc2F)CC1. The van der Waals surface area contributed by atoms with Crippen molar-refractivity contribution in [2.75, 3.05) is 19.6 Å². The lowest BCUT2D eigenvalue weighted by atomic mass is 9.95. The minimum atomic E-state index is -1.43. The van der Waals surface area contributed by atoms with Crippen LogP contribution in [0.15, 0.2) is 24.3 Å². The second-order valence-electron chi connectivity index (χ2n) is 5.82. The highest BCUT2D eigenvalue weighted by Gasteiger charge is 2.30. The Morgan fingerprint density at radius 1 is 1.29 bits per heavy atom. The van der Waals surface area contributed by atoms with Gasteiger partial charge >= 0.3 is 5.97 Å². The summed E-state index contributed by atoms with van der Waals surface area (Å²) in [6.45, 7) is 1.19. The molecule has 1 aliphatic heterocycles. The average Bonchev–Trinajstić information content (AvgIpc) is 2.53. The first kappa shape index (κ1) is 17.9. The molecule has 4 N–H and O–H groups in total. The zero-order valence-corrected chi connectivity index (χ0v) is 13.1. The Labute approximate surface area is 138 Å². The first-order valence-corrected chi connectivity index (χ1v) is 7.66. The minimum absolute atomic E-state index is 0.0792. The van der Waals surface area contributed by atoms with Crippen LogP contribution in [0.4, 0.5) is 4.39 Å². The van der Waals surface area contributed by atoms with Crippen LogP contribution in [0.2, 0.25) is 0 Å². The van der Waals surface area contributed by atoms with Gasteiger partial charge in [0, 0.05) is 11.5 Å². The summed E-state index contributed by atoms with van der Waals surface area (Å²) in [5.41, 5.74) is 5.06. The third-order valence-electron chi connectivity index (χ3n) is 4.09. The van der Waals surface area contributed by atoms with Crippen LogP contribution in [0.5, 0.6) is 0 Å². The zero-order chi connectivity index (χ0) is 17.7. The van der Waals surface area contributed by atoms with E-state index in [0.29, 0.717) is 25.9 Å². The molecule has 0 radical (unpaired) electrons. The molecule has 0 aromatic heterocycles. The molecule has 1 atom stereocenters. The van der Waals surface area contributed by atoms with Gasteiger partial charge in [-0.2, -0.15) is 0 Å². The third kappa shape index (κ3) is 4.51. The lowest BCUT2D eigenvalue weighted by molar-refractivity contribution is -0.143. The van der Waals surface area contributed by atoms with Crippen LogP contribution in [0, 0.1) is 11.7 Å². The lowest BCUT2D eigenvalue weighted by Gasteiger charge is -2.30. The standard InChI is InChI=1S/C16H20FN3O4/c17-12-4-2-1-3-11(12)14(16(23)24)19-15(22)10-5-7-20(8-6-10)9-13(18)21/h1-4,10,14H,5-9H2,(H2,18,21)(H,19,22)(H,23,24). The number of likely N-dealkylation sites (tertiary alicyclic amines) is 1. The molecule has 1 heterocycles. The number of hydrogen-bond acceptors (Lipinski definition) is 4. The topological polar surface area (TPSA) is 113 Å². The minimum Gasteiger partial charge on any atom is -0.479 e. The van der Waals surface area contributed by atoms with Crippen molar-refractivity contribution in [1.29, 1.82) is 0 Å². The molecule has 1 aliphatic rings. The maximum Gasteiger partial charge on any atom is 0.331 e. The van der Waals surface area contributed by atoms with Gasteiger partial charge in [-0.15, -0.1) is 0 Å². The predicted octanol–water partition coefficient (Wildman–Crippen LogP) is 0.265. The molecule has 8 heteroatoms. The molecule has 1 saturated heterocycles. The van der Waals surface area contributed by atoms with Crippen molar-refractivity contribution in [3.05, 3.63) is 35.6 Å². The van der Waals surface area contributed by atoms with E-state index < -0.39 is 29.6 Å². The van der Waals surface area contributed by atoms with Crippen molar-refractivity contribution >= 4 is 17.8 Å². The van der Waals surface area contributed by atoms with Gasteiger partial charge in [0.2, 0.25) is 11.8 Å². The Morgan fingerprint density at radius 2 is 1.92 bits per heavy atom. The number of carboxylic acid groups (broad SMARTS) is 1. The molecule has 1 unspecified atom stereocenters. The molecule has 1 aromatic carbocycles. The van der Waals surface area contributed by atoms with Crippen molar-refractivity contribution in [2.45, 2.75) is 18.9 Å². The quantitative estimate of drug-likeness (QED) is 0.689. The van der Waals surface area contributed by atoms with Crippen molar-refractivity contribution in [3.63, 3.8) is 0 Å². The molecule has 1 fully saturated rings. The van der Waals surface area contributed by atoms with Gasteiger partial charge in [0.15, 0.2) is 6.04 Å². The van der Waals surface area contributed by atoms with E-state index in [0.717, 1.165) is 6.07 Å². The Kier molecular flexibility index (Phi) is 5.86. The van der Waals surface area contributed by atoms with Gasteiger partial charge in [-0.05, 0) is 32.0 Å². The van der Waals surface area contributed by atoms with Crippen molar-refractivity contribution in [1.82, 2.24) is 10.2 Å². The van der Waals surface area contributed by atoms with E-state index in [1.807, 2.05) is 4.90 Å². The Bertz CT molecular complexity index is 630. The molecule has 7 nitrogen and oxygen atoms in total. The molecule has 0 spiro atoms. The maximum absolute atomic E-state index is 13.8. The van der Waals surface area contributed by atoms with E-state index in [2.05, 4.69) is 5.32 Å². The summed E-state index contributed by atoms with van der Waals surface area (Å²) in [7, 11) is 0. The summed E-state index contributed by atoms with van der Waals surface area (Å²) in [5.74, 6) is -3.23. The monoisotopic (exact) mass is 337 g/mol. The second kappa shape index (κ2) is 7.87. The van der Waals surface area contributed by atoms with E-state index in [4.69, 9.17) is 5.73 Å². The zero-order valence-electron chi connectivity index (χ0n) is 13.1. The summed E-state index contributed by atoms with van der Waals surface area (Å²) in [6, 6.07) is 4.03. The normalized spacial score (nSPS) is 17.2. The Morgan fingerprint density at radius 3 is 2.46 bits per heavy atom. The first-order chi connectivity index (χ1) is 11.4. The molecule has 0 aliphatic carbocycles. The van der Waals surface area contributed by atoms with Crippen LogP contribution in [-0.2, 0) is 14.4 Å². The number of nitrogens with one attached hydrogen (secondary N) is 1. The van der Waals surface area contributed by atoms with Crippen LogP contribution in [-0.4, -0.2) is 47.4 Å². The highest BCUT2D eigenvalue weighted by molar-refractivity contribution is 5.86. The van der Waals surface area contributed by atoms with E-state index in [1.54, 1.807) is 0 Å². The maximum atomic E-state index is 13.8. The van der Waals surface area contributed by atoms with Crippen molar-refractivity contribution < 1.29 is 23.9 Å². The fourth-order valence-electron chi connectivity index (χ4n) is 2.82. The number of benzene rings is 1. The third-order valence-corrected chi connectivity index (χ3v) is 4.09. The van der Waals surface area contributed by atoms with E-state index in [-0.39, 0.29) is 18.0 Å². The van der Waals surface area contributed by atoms with Crippen LogP contribution in [0.3, 0.4) is 0 Å². The van der Waals surface area contributed by atoms with Crippen LogP contribution in [0.1, 0.15) is 24.4 Å². The van der Waals surface area contributed by atoms with Crippen LogP contribution < -0.4 is 11.1 Å². The highest BCUT2D eigenvalue weighted by atomic mass is 19.1. The van der Waals surface area contributed by atoms with Crippen LogP contribution in [0.25, 0.3) is 0 Å². The molecule has 2 rings (SSSR count). The van der Waals surface area contributed by atoms with Crippen LogP contribution >= 0.6 is 0 Å². The molecular formula is C16H20FN3O4. The average molecular weight is 337 g/mol. The van der Waals surface area contributed by atoms with E-state index in [9.17, 15) is 23.9 Å². The number of nitrogens with two attached hydrogens (primary N) is 1. The smallest absolute Gasteiger partial charge is 0.331 e. The fraction of sp³-hybridized carbons (Fsp3) is 0.438. The Balaban J connectivity index is 1.99. The summed E-state index contributed by atoms with van der Waals surface area (Å²) in [6.07, 6.45) is 0.978. The largest absolute Gasteiger partial charge is 0.479 e. The highest BCUT2D eigenvalue weighted by Crippen LogP contribution is 2.21. The molecular weight excluding hydrogens is 317 g/mol. The van der Waals surface area contributed by atoms with Gasteiger partial charge in [-0.1, -0.05) is 18.2 Å². The van der Waals surface area contributed by atoms with E-state index in [1.165, 1.54) is 18.2 Å². The number of nitrogens with zero attached hydrogens (tertiary/aromatic N) is 1. The molecule has 0 bridgehead atoms. The summed E-state index contributed by atoms with van der Waals surface area (Å²) >= 11 is 0. The molecule has 24 heavy (non-hydrogen) atoms. The first-order valence-electron chi connectivity index (χ1n) is 7.66. The number of carboxylic acids is 1. The molecule has 2 amide bonds. The van der Waals surface area contributed by atoms with E-state index >= 15 is 0 Å². The van der Waals surface area contributed by atoms with Crippen molar-refractivity contribution in [2.24, 2.45) is 11.7 Å². The van der Waals surface area contributed by atoms with Gasteiger partial charge < -0.3 is 16.2 Å². The number of amides is 2. The van der Waals surface area contributed by atoms with Crippen molar-refractivity contribution in [3.8, 4) is 0 Å². The number of carbonyl (C=O) groups is 3. The van der Waals surface area contributed by atoms with Gasteiger partial charge in [0.05, 0.1) is 6.54 Å². The number of carbonyl (C=O) groups excluding carboxylic acids is 2. The number of aliphatic carboxylic acids is 1. The van der Waals surface area contributed by atoms with Gasteiger partial charge in [0.25, 0.3) is 0 Å². The Hall–Kier alpha value is -2.48. The van der Waals surface area contributed by atoms with Gasteiger partial charge in [-0.25, -0.2) is 9.18 Å². The number of halogens is 1. The van der Waals surface area contributed by atoms with Gasteiger partial charge in [-0.3, -0.25) is 14.5 Å². The molecule has 0 saturated carbocycles. The number of piperidine rings is 1. The summed E-state index contributed by atoms with van der Waals surface area (Å²) in [5, 5.41) is 11.7. The predicted molar refractivity (Wildman–Crippen MR) is 83.3 cm³/mol. The second-order valence-corrected chi connectivity index (χ2v) is 5.82. The molecule has 130 valence electrons. The van der Waals surface area contributed by atoms with Gasteiger partial charge in [0.1, 0.15) is 5.82 Å². The lowest BCUT2D eigenvalue weighted by Crippen LogP contribution is -2.45. The number of hydrogen-bond donors (Lipinski definition) is 3. The molecule has 1 aromatic rings. The number of primary amides is 1. The summed E-state index contributed by atoms with van der Waals surface area (Å²) in [4.78, 5) is 36.5. The summed E-state index contributed by atoms with van der Waals surface area (Å²) < 4.78 is 13.8. The number of rotatable bonds is 6. The fourth-order valence-corrected chi connectivity index (χ4v) is 2.82.